The number of ether oxygens (including phenoxy) is 2. The molecule has 4 rings (SSSR count). The molecule has 2 aliphatic heterocycles. The first-order valence-electron chi connectivity index (χ1n) is 9.21. The Morgan fingerprint density at radius 2 is 1.71 bits per heavy atom. The molecule has 8 heteroatoms. The molecule has 0 saturated carbocycles. The van der Waals surface area contributed by atoms with Gasteiger partial charge in [0.1, 0.15) is 0 Å². The third-order valence-corrected chi connectivity index (χ3v) is 7.04. The summed E-state index contributed by atoms with van der Waals surface area (Å²) in [4.78, 5) is 12.9. The van der Waals surface area contributed by atoms with Crippen molar-refractivity contribution in [2.75, 3.05) is 25.2 Å². The lowest BCUT2D eigenvalue weighted by Gasteiger charge is -2.30. The smallest absolute Gasteiger partial charge is 0.243 e. The van der Waals surface area contributed by atoms with Crippen LogP contribution < -0.4 is 14.8 Å². The molecule has 0 radical (unpaired) electrons. The number of fused-ring (bicyclic) bond motifs is 1. The summed E-state index contributed by atoms with van der Waals surface area (Å²) in [7, 11) is -3.52. The van der Waals surface area contributed by atoms with Gasteiger partial charge in [0.15, 0.2) is 11.5 Å². The number of carbonyl (C=O) groups excluding carboxylic acids is 1. The molecule has 7 nitrogen and oxygen atoms in total. The zero-order valence-electron chi connectivity index (χ0n) is 15.6. The van der Waals surface area contributed by atoms with Crippen molar-refractivity contribution in [2.24, 2.45) is 5.92 Å². The molecular formula is C20H22N2O5S. The number of piperidine rings is 1. The first-order valence-corrected chi connectivity index (χ1v) is 10.6. The van der Waals surface area contributed by atoms with Crippen LogP contribution in [-0.2, 0) is 14.8 Å². The molecule has 28 heavy (non-hydrogen) atoms. The molecule has 1 fully saturated rings. The van der Waals surface area contributed by atoms with Crippen LogP contribution in [0.4, 0.5) is 5.69 Å². The number of nitrogens with one attached hydrogen (secondary N) is 1. The van der Waals surface area contributed by atoms with E-state index in [9.17, 15) is 13.2 Å². The molecule has 2 aromatic rings. The van der Waals surface area contributed by atoms with Crippen molar-refractivity contribution in [2.45, 2.75) is 24.7 Å². The van der Waals surface area contributed by atoms with Gasteiger partial charge in [-0.2, -0.15) is 4.31 Å². The number of sulfonamides is 1. The first-order chi connectivity index (χ1) is 13.4. The molecule has 2 aromatic carbocycles. The van der Waals surface area contributed by atoms with Crippen molar-refractivity contribution in [1.82, 2.24) is 4.31 Å². The van der Waals surface area contributed by atoms with Crippen molar-refractivity contribution >= 4 is 21.6 Å². The second kappa shape index (κ2) is 7.44. The van der Waals surface area contributed by atoms with Gasteiger partial charge in [0.25, 0.3) is 0 Å². The summed E-state index contributed by atoms with van der Waals surface area (Å²) < 4.78 is 37.6. The Balaban J connectivity index is 1.37. The molecule has 0 spiro atoms. The molecule has 148 valence electrons. The maximum Gasteiger partial charge on any atom is 0.243 e. The van der Waals surface area contributed by atoms with Crippen molar-refractivity contribution in [3.05, 3.63) is 48.0 Å². The predicted molar refractivity (Wildman–Crippen MR) is 104 cm³/mol. The summed E-state index contributed by atoms with van der Waals surface area (Å²) in [5, 5.41) is 2.89. The third-order valence-electron chi connectivity index (χ3n) is 5.12. The summed E-state index contributed by atoms with van der Waals surface area (Å²) in [6, 6.07) is 12.1. The lowest BCUT2D eigenvalue weighted by molar-refractivity contribution is -0.120. The highest BCUT2D eigenvalue weighted by Crippen LogP contribution is 2.34. The maximum absolute atomic E-state index is 12.8. The fraction of sp³-hybridized carbons (Fsp3) is 0.350. The monoisotopic (exact) mass is 402 g/mol. The minimum Gasteiger partial charge on any atom is -0.454 e. The quantitative estimate of drug-likeness (QED) is 0.850. The summed E-state index contributed by atoms with van der Waals surface area (Å²) in [6.45, 7) is 2.76. The van der Waals surface area contributed by atoms with E-state index >= 15 is 0 Å². The number of aryl methyl sites for hydroxylation is 1. The second-order valence-corrected chi connectivity index (χ2v) is 8.99. The molecule has 0 aromatic heterocycles. The second-order valence-electron chi connectivity index (χ2n) is 7.05. The van der Waals surface area contributed by atoms with Gasteiger partial charge in [-0.25, -0.2) is 8.42 Å². The summed E-state index contributed by atoms with van der Waals surface area (Å²) in [5.41, 5.74) is 1.65. The lowest BCUT2D eigenvalue weighted by atomic mass is 9.97. The van der Waals surface area contributed by atoms with Crippen LogP contribution in [0, 0.1) is 12.8 Å². The van der Waals surface area contributed by atoms with E-state index in [0.29, 0.717) is 48.0 Å². The standard InChI is InChI=1S/C20H22N2O5S/c1-14-2-5-17(6-3-14)28(24,25)22-10-8-15(9-11-22)20(23)21-16-4-7-18-19(12-16)27-13-26-18/h2-7,12,15H,8-11,13H2,1H3,(H,21,23). The largest absolute Gasteiger partial charge is 0.454 e. The third kappa shape index (κ3) is 3.70. The van der Waals surface area contributed by atoms with Crippen LogP contribution in [0.2, 0.25) is 0 Å². The molecule has 0 atom stereocenters. The van der Waals surface area contributed by atoms with Crippen LogP contribution in [0.5, 0.6) is 11.5 Å². The number of amides is 1. The van der Waals surface area contributed by atoms with E-state index in [4.69, 9.17) is 9.47 Å². The Morgan fingerprint density at radius 3 is 2.43 bits per heavy atom. The number of nitrogens with zero attached hydrogens (tertiary/aromatic N) is 1. The van der Waals surface area contributed by atoms with E-state index < -0.39 is 10.0 Å². The Hall–Kier alpha value is -2.58. The van der Waals surface area contributed by atoms with Crippen molar-refractivity contribution < 1.29 is 22.7 Å². The fourth-order valence-electron chi connectivity index (χ4n) is 3.44. The zero-order chi connectivity index (χ0) is 19.7. The van der Waals surface area contributed by atoms with Crippen LogP contribution >= 0.6 is 0 Å². The van der Waals surface area contributed by atoms with Crippen LogP contribution in [0.1, 0.15) is 18.4 Å². The van der Waals surface area contributed by atoms with Crippen molar-refractivity contribution in [3.8, 4) is 11.5 Å². The minimum absolute atomic E-state index is 0.105. The fourth-order valence-corrected chi connectivity index (χ4v) is 4.91. The van der Waals surface area contributed by atoms with Gasteiger partial charge < -0.3 is 14.8 Å². The maximum atomic E-state index is 12.8. The van der Waals surface area contributed by atoms with E-state index in [1.807, 2.05) is 6.92 Å². The van der Waals surface area contributed by atoms with Gasteiger partial charge in [-0.15, -0.1) is 0 Å². The topological polar surface area (TPSA) is 84.9 Å². The molecule has 1 amide bonds. The molecule has 2 aliphatic rings. The summed E-state index contributed by atoms with van der Waals surface area (Å²) in [5.74, 6) is 0.936. The number of rotatable bonds is 4. The number of anilines is 1. The molecule has 0 unspecified atom stereocenters. The zero-order valence-corrected chi connectivity index (χ0v) is 16.4. The van der Waals surface area contributed by atoms with E-state index in [0.717, 1.165) is 5.56 Å². The highest BCUT2D eigenvalue weighted by atomic mass is 32.2. The van der Waals surface area contributed by atoms with Crippen molar-refractivity contribution in [3.63, 3.8) is 0 Å². The Bertz CT molecular complexity index is 980. The van der Waals surface area contributed by atoms with E-state index in [1.165, 1.54) is 4.31 Å². The summed E-state index contributed by atoms with van der Waals surface area (Å²) in [6.07, 6.45) is 0.975. The molecular weight excluding hydrogens is 380 g/mol. The van der Waals surface area contributed by atoms with Crippen molar-refractivity contribution in [1.29, 1.82) is 0 Å². The average Bonchev–Trinajstić information content (AvgIpc) is 3.16. The van der Waals surface area contributed by atoms with E-state index in [2.05, 4.69) is 5.32 Å². The molecule has 1 N–H and O–H groups in total. The van der Waals surface area contributed by atoms with E-state index in [-0.39, 0.29) is 18.6 Å². The Labute approximate surface area is 164 Å². The van der Waals surface area contributed by atoms with Gasteiger partial charge in [0, 0.05) is 30.8 Å². The number of hydrogen-bond acceptors (Lipinski definition) is 5. The highest BCUT2D eigenvalue weighted by Gasteiger charge is 2.32. The highest BCUT2D eigenvalue weighted by molar-refractivity contribution is 7.89. The van der Waals surface area contributed by atoms with Gasteiger partial charge in [-0.1, -0.05) is 17.7 Å². The molecule has 0 bridgehead atoms. The minimum atomic E-state index is -3.52. The predicted octanol–water partition coefficient (Wildman–Crippen LogP) is 2.76. The lowest BCUT2D eigenvalue weighted by Crippen LogP contribution is -2.41. The van der Waals surface area contributed by atoms with Crippen LogP contribution in [0.25, 0.3) is 0 Å². The first kappa shape index (κ1) is 18.8. The summed E-state index contributed by atoms with van der Waals surface area (Å²) >= 11 is 0. The normalized spacial score (nSPS) is 17.5. The molecule has 2 heterocycles. The Morgan fingerprint density at radius 1 is 1.04 bits per heavy atom. The Kier molecular flexibility index (Phi) is 4.99. The van der Waals surface area contributed by atoms with Gasteiger partial charge in [-0.3, -0.25) is 4.79 Å². The van der Waals surface area contributed by atoms with Gasteiger partial charge >= 0.3 is 0 Å². The van der Waals surface area contributed by atoms with Crippen LogP contribution in [0.3, 0.4) is 0 Å². The van der Waals surface area contributed by atoms with Gasteiger partial charge in [-0.05, 0) is 44.0 Å². The van der Waals surface area contributed by atoms with Crippen LogP contribution in [-0.4, -0.2) is 38.5 Å². The van der Waals surface area contributed by atoms with Crippen LogP contribution in [0.15, 0.2) is 47.4 Å². The van der Waals surface area contributed by atoms with Gasteiger partial charge in [0.05, 0.1) is 4.90 Å². The number of hydrogen-bond donors (Lipinski definition) is 1. The van der Waals surface area contributed by atoms with E-state index in [1.54, 1.807) is 42.5 Å². The number of carbonyl (C=O) groups is 1. The average molecular weight is 402 g/mol. The number of benzene rings is 2. The molecule has 1 saturated heterocycles. The van der Waals surface area contributed by atoms with Gasteiger partial charge in [0.2, 0.25) is 22.7 Å². The molecule has 0 aliphatic carbocycles. The SMILES string of the molecule is Cc1ccc(S(=O)(=O)N2CCC(C(=O)Nc3ccc4c(c3)OCO4)CC2)cc1.